The maximum absolute atomic E-state index is 12.4. The second-order valence-corrected chi connectivity index (χ2v) is 23.2. The Morgan fingerprint density at radius 3 is 2.05 bits per heavy atom. The largest absolute Gasteiger partial charge is 0.479 e. The average molecular weight is 913 g/mol. The molecule has 0 aromatic heterocycles. The van der Waals surface area contributed by atoms with Crippen LogP contribution in [0.15, 0.2) is 11.6 Å². The topological polar surface area (TPSA) is 275 Å². The highest BCUT2D eigenvalue weighted by Crippen LogP contribution is 2.76. The number of ether oxygens (including phenoxy) is 6. The number of fused-ring (bicyclic) bond motifs is 7. The molecule has 3 aliphatic heterocycles. The minimum atomic E-state index is -2.01. The molecule has 0 aromatic carbocycles. The fourth-order valence-corrected chi connectivity index (χ4v) is 14.8. The molecule has 0 amide bonds. The summed E-state index contributed by atoms with van der Waals surface area (Å²) in [7, 11) is 0. The van der Waals surface area contributed by atoms with Gasteiger partial charge in [-0.2, -0.15) is 0 Å². The van der Waals surface area contributed by atoms with Crippen molar-refractivity contribution in [1.29, 1.82) is 0 Å². The van der Waals surface area contributed by atoms with Gasteiger partial charge in [-0.1, -0.05) is 60.1 Å². The van der Waals surface area contributed by atoms with E-state index in [4.69, 9.17) is 28.4 Å². The van der Waals surface area contributed by atoms with Gasteiger partial charge >= 0.3 is 5.97 Å². The van der Waals surface area contributed by atoms with E-state index in [1.807, 2.05) is 6.92 Å². The Kier molecular flexibility index (Phi) is 13.0. The number of allylic oxidation sites excluding steroid dienone is 2. The molecule has 0 spiro atoms. The molecule has 8 aliphatic rings. The molecule has 0 bridgehead atoms. The maximum atomic E-state index is 12.4. The van der Waals surface area contributed by atoms with Crippen molar-refractivity contribution >= 4 is 5.97 Å². The first-order valence-electron chi connectivity index (χ1n) is 23.7. The highest BCUT2D eigenvalue weighted by atomic mass is 16.8. The summed E-state index contributed by atoms with van der Waals surface area (Å²) in [6.07, 6.45) is -14.5. The molecular weight excluding hydrogens is 837 g/mol. The molecular formula is C47H76O17. The lowest BCUT2D eigenvalue weighted by atomic mass is 9.33. The van der Waals surface area contributed by atoms with E-state index in [1.165, 1.54) is 12.5 Å². The van der Waals surface area contributed by atoms with E-state index >= 15 is 0 Å². The lowest BCUT2D eigenvalue weighted by Crippen LogP contribution is -2.68. The third-order valence-corrected chi connectivity index (χ3v) is 19.1. The number of hydrogen-bond acceptors (Lipinski definition) is 16. The van der Waals surface area contributed by atoms with Gasteiger partial charge in [-0.25, -0.2) is 4.79 Å². The van der Waals surface area contributed by atoms with Crippen LogP contribution >= 0.6 is 0 Å². The first-order chi connectivity index (χ1) is 29.8. The van der Waals surface area contributed by atoms with Gasteiger partial charge in [0.1, 0.15) is 54.9 Å². The van der Waals surface area contributed by atoms with Gasteiger partial charge in [-0.3, -0.25) is 0 Å². The molecule has 17 heteroatoms. The summed E-state index contributed by atoms with van der Waals surface area (Å²) in [6.45, 7) is 16.8. The van der Waals surface area contributed by atoms with E-state index < -0.39 is 110 Å². The number of aliphatic hydroxyl groups excluding tert-OH is 9. The number of aliphatic hydroxyl groups is 9. The predicted octanol–water partition coefficient (Wildman–Crippen LogP) is 1.34. The summed E-state index contributed by atoms with van der Waals surface area (Å²) in [5, 5.41) is 109. The summed E-state index contributed by atoms with van der Waals surface area (Å²) >= 11 is 0. The van der Waals surface area contributed by atoms with Crippen LogP contribution in [-0.2, 0) is 33.2 Å². The number of aliphatic carboxylic acids is 1. The molecule has 366 valence electrons. The Morgan fingerprint density at radius 1 is 0.703 bits per heavy atom. The van der Waals surface area contributed by atoms with E-state index in [9.17, 15) is 55.9 Å². The molecule has 3 saturated heterocycles. The molecule has 0 radical (unpaired) electrons. The van der Waals surface area contributed by atoms with Gasteiger partial charge < -0.3 is 79.5 Å². The average Bonchev–Trinajstić information content (AvgIpc) is 3.22. The van der Waals surface area contributed by atoms with Crippen LogP contribution in [0.25, 0.3) is 0 Å². The van der Waals surface area contributed by atoms with Gasteiger partial charge in [-0.05, 0) is 104 Å². The van der Waals surface area contributed by atoms with Gasteiger partial charge in [0.25, 0.3) is 0 Å². The van der Waals surface area contributed by atoms with Crippen molar-refractivity contribution in [1.82, 2.24) is 0 Å². The molecule has 5 aliphatic carbocycles. The summed E-state index contributed by atoms with van der Waals surface area (Å²) in [5.41, 5.74) is 0.0929. The molecule has 8 rings (SSSR count). The summed E-state index contributed by atoms with van der Waals surface area (Å²) in [5.74, 6) is -1.05. The molecule has 24 atom stereocenters. The molecule has 64 heavy (non-hydrogen) atoms. The van der Waals surface area contributed by atoms with Crippen molar-refractivity contribution in [3.63, 3.8) is 0 Å². The van der Waals surface area contributed by atoms with Crippen LogP contribution in [0.2, 0.25) is 0 Å². The first kappa shape index (κ1) is 49.0. The monoisotopic (exact) mass is 913 g/mol. The summed E-state index contributed by atoms with van der Waals surface area (Å²) in [4.78, 5) is 12.4. The minimum Gasteiger partial charge on any atom is -0.479 e. The normalized spacial score (nSPS) is 56.1. The lowest BCUT2D eigenvalue weighted by Gasteiger charge is -2.72. The Balaban J connectivity index is 1.06. The van der Waals surface area contributed by atoms with Crippen LogP contribution in [0.4, 0.5) is 0 Å². The Labute approximate surface area is 376 Å². The van der Waals surface area contributed by atoms with Crippen LogP contribution in [-0.4, -0.2) is 168 Å². The zero-order chi connectivity index (χ0) is 46.9. The lowest BCUT2D eigenvalue weighted by molar-refractivity contribution is -0.387. The van der Waals surface area contributed by atoms with Crippen LogP contribution in [0.3, 0.4) is 0 Å². The molecule has 17 nitrogen and oxygen atoms in total. The Bertz CT molecular complexity index is 1760. The third kappa shape index (κ3) is 7.49. The quantitative estimate of drug-likeness (QED) is 0.122. The van der Waals surface area contributed by atoms with Crippen molar-refractivity contribution in [3.05, 3.63) is 11.6 Å². The number of carbonyl (C=O) groups is 1. The smallest absolute Gasteiger partial charge is 0.335 e. The van der Waals surface area contributed by atoms with Gasteiger partial charge in [0, 0.05) is 10.8 Å². The number of rotatable bonds is 8. The molecule has 6 unspecified atom stereocenters. The minimum absolute atomic E-state index is 0.0286. The van der Waals surface area contributed by atoms with Crippen LogP contribution in [0, 0.1) is 50.2 Å². The molecule has 3 heterocycles. The number of hydrogen-bond donors (Lipinski definition) is 10. The van der Waals surface area contributed by atoms with Crippen molar-refractivity contribution in [2.24, 2.45) is 50.2 Å². The first-order valence-corrected chi connectivity index (χ1v) is 23.7. The predicted molar refractivity (Wildman–Crippen MR) is 225 cm³/mol. The van der Waals surface area contributed by atoms with Crippen molar-refractivity contribution in [2.75, 3.05) is 13.2 Å². The van der Waals surface area contributed by atoms with Gasteiger partial charge in [0.2, 0.25) is 0 Å². The highest BCUT2D eigenvalue weighted by molar-refractivity contribution is 5.73. The van der Waals surface area contributed by atoms with Gasteiger partial charge in [0.15, 0.2) is 25.0 Å². The number of carboxylic acid groups (broad SMARTS) is 1. The molecule has 7 fully saturated rings. The van der Waals surface area contributed by atoms with E-state index in [0.29, 0.717) is 18.8 Å². The van der Waals surface area contributed by atoms with Crippen molar-refractivity contribution in [3.8, 4) is 0 Å². The zero-order valence-corrected chi connectivity index (χ0v) is 38.7. The van der Waals surface area contributed by atoms with E-state index in [-0.39, 0.29) is 51.6 Å². The van der Waals surface area contributed by atoms with E-state index in [0.717, 1.165) is 44.9 Å². The Hall–Kier alpha value is -1.39. The zero-order valence-electron chi connectivity index (χ0n) is 38.7. The van der Waals surface area contributed by atoms with Crippen molar-refractivity contribution in [2.45, 2.75) is 211 Å². The Morgan fingerprint density at radius 2 is 1.38 bits per heavy atom. The fourth-order valence-electron chi connectivity index (χ4n) is 14.8. The molecule has 4 saturated carbocycles. The highest BCUT2D eigenvalue weighted by Gasteiger charge is 2.70. The molecule has 0 aromatic rings. The van der Waals surface area contributed by atoms with E-state index in [2.05, 4.69) is 47.6 Å². The second-order valence-electron chi connectivity index (χ2n) is 23.2. The second kappa shape index (κ2) is 16.9. The van der Waals surface area contributed by atoms with Crippen LogP contribution in [0.1, 0.15) is 113 Å². The fraction of sp³-hybridized carbons (Fsp3) is 0.936. The summed E-state index contributed by atoms with van der Waals surface area (Å²) < 4.78 is 36.1. The molecule has 10 N–H and O–H groups in total. The van der Waals surface area contributed by atoms with Gasteiger partial charge in [-0.15, -0.1) is 0 Å². The van der Waals surface area contributed by atoms with Gasteiger partial charge in [0.05, 0.1) is 31.5 Å². The third-order valence-electron chi connectivity index (χ3n) is 19.1. The number of carboxylic acids is 1. The van der Waals surface area contributed by atoms with Crippen LogP contribution < -0.4 is 0 Å². The van der Waals surface area contributed by atoms with Crippen molar-refractivity contribution < 1.29 is 84.3 Å². The summed E-state index contributed by atoms with van der Waals surface area (Å²) in [6, 6.07) is 0. The van der Waals surface area contributed by atoms with E-state index in [1.54, 1.807) is 0 Å². The SMILES string of the molecule is C[C@H]1O[C@@H](O[C@H]2[C@H](O[C@H]3[C@H](OC4CC[C@@]5(C)C(CC[C@]6(C)C5CC=C5C7CC(C)(C)CC(O)[C@]7(C)CCC56C)[C@@]4(C)CO)O[C@H](C(=O)O)[C@@H](O)[C@H]3O)OC[C@@H](O)[C@H]2O)[C@H](O)[C@H](O)[C@H]1O. The standard InChI is InChI=1S/C47H76O17/c1-21-29(51)31(53)34(56)39(60-21)63-36-30(52)24(49)19-59-40(36)64-37-33(55)32(54)35(38(57)58)62-41(37)61-28-12-13-44(5)25(45(28,6)20-48)11-14-47(8)26(44)10-9-22-23-17-42(2,3)18-27(50)43(23,4)15-16-46(22,47)7/h9,21,23-37,39-41,48-56H,10-20H2,1-8H3,(H,57,58)/t21-,23?,24-,25?,26?,27?,28?,29+,30-,31-,32+,33-,34-,35+,36-,37-,39+,40+,41-,43-,44+,45-,46?,47-/m1/s1. The maximum Gasteiger partial charge on any atom is 0.335 e. The van der Waals surface area contributed by atoms with Crippen LogP contribution in [0.5, 0.6) is 0 Å².